The highest BCUT2D eigenvalue weighted by Gasteiger charge is 2.34. The van der Waals surface area contributed by atoms with E-state index < -0.39 is 0 Å². The van der Waals surface area contributed by atoms with Crippen LogP contribution in [-0.4, -0.2) is 25.0 Å². The molecule has 4 rings (SSSR count). The number of anilines is 2. The molecule has 2 aromatic carbocycles. The lowest BCUT2D eigenvalue weighted by molar-refractivity contribution is 0.102. The molecule has 1 aliphatic heterocycles. The van der Waals surface area contributed by atoms with Crippen molar-refractivity contribution >= 4 is 17.3 Å². The number of nitrogens with zero attached hydrogens (tertiary/aromatic N) is 1. The zero-order valence-corrected chi connectivity index (χ0v) is 14.4. The van der Waals surface area contributed by atoms with E-state index in [1.54, 1.807) is 0 Å². The Bertz CT molecular complexity index is 750. The first-order valence-electron chi connectivity index (χ1n) is 9.22. The minimum atomic E-state index is -0.0604. The molecule has 1 amide bonds. The molecule has 1 heterocycles. The summed E-state index contributed by atoms with van der Waals surface area (Å²) in [6, 6.07) is 16.3. The summed E-state index contributed by atoms with van der Waals surface area (Å²) in [6.45, 7) is 2.16. The molecule has 1 aliphatic carbocycles. The Hall–Kier alpha value is -2.33. The third-order valence-corrected chi connectivity index (χ3v) is 5.27. The number of piperidine rings is 1. The summed E-state index contributed by atoms with van der Waals surface area (Å²) in [5.41, 5.74) is 9.83. The molecule has 1 saturated carbocycles. The summed E-state index contributed by atoms with van der Waals surface area (Å²) in [5, 5.41) is 3.00. The molecule has 2 fully saturated rings. The lowest BCUT2D eigenvalue weighted by Crippen LogP contribution is -2.29. The third-order valence-electron chi connectivity index (χ3n) is 5.27. The maximum absolute atomic E-state index is 12.6. The van der Waals surface area contributed by atoms with Gasteiger partial charge in [0.2, 0.25) is 0 Å². The van der Waals surface area contributed by atoms with Crippen molar-refractivity contribution in [1.82, 2.24) is 0 Å². The molecular formula is C21H25N3O. The zero-order chi connectivity index (χ0) is 17.2. The van der Waals surface area contributed by atoms with E-state index in [4.69, 9.17) is 5.73 Å². The number of benzene rings is 2. The van der Waals surface area contributed by atoms with Crippen LogP contribution < -0.4 is 16.0 Å². The van der Waals surface area contributed by atoms with E-state index in [1.807, 2.05) is 30.3 Å². The molecule has 0 spiro atoms. The zero-order valence-electron chi connectivity index (χ0n) is 14.4. The smallest absolute Gasteiger partial charge is 0.255 e. The van der Waals surface area contributed by atoms with Gasteiger partial charge in [0.25, 0.3) is 5.91 Å². The minimum Gasteiger partial charge on any atom is -0.372 e. The quantitative estimate of drug-likeness (QED) is 0.895. The number of rotatable bonds is 4. The normalized spacial score (nSPS) is 22.5. The fourth-order valence-electron chi connectivity index (χ4n) is 3.61. The molecule has 0 aromatic heterocycles. The lowest BCUT2D eigenvalue weighted by Gasteiger charge is -2.29. The second kappa shape index (κ2) is 6.89. The molecule has 2 aliphatic rings. The van der Waals surface area contributed by atoms with Gasteiger partial charge in [-0.15, -0.1) is 0 Å². The predicted molar refractivity (Wildman–Crippen MR) is 102 cm³/mol. The van der Waals surface area contributed by atoms with E-state index in [1.165, 1.54) is 24.8 Å². The lowest BCUT2D eigenvalue weighted by atomic mass is 10.1. The molecule has 0 bridgehead atoms. The number of amides is 1. The van der Waals surface area contributed by atoms with E-state index in [0.29, 0.717) is 17.5 Å². The summed E-state index contributed by atoms with van der Waals surface area (Å²) in [4.78, 5) is 15.0. The van der Waals surface area contributed by atoms with Crippen LogP contribution in [0.1, 0.15) is 47.5 Å². The highest BCUT2D eigenvalue weighted by molar-refractivity contribution is 6.04. The van der Waals surface area contributed by atoms with Crippen LogP contribution in [0.3, 0.4) is 0 Å². The summed E-state index contributed by atoms with van der Waals surface area (Å²) in [7, 11) is 0. The molecule has 4 heteroatoms. The topological polar surface area (TPSA) is 58.4 Å². The van der Waals surface area contributed by atoms with Gasteiger partial charge in [-0.2, -0.15) is 0 Å². The second-order valence-corrected chi connectivity index (χ2v) is 7.18. The Morgan fingerprint density at radius 1 is 1.04 bits per heavy atom. The van der Waals surface area contributed by atoms with Gasteiger partial charge in [-0.05, 0) is 61.6 Å². The third kappa shape index (κ3) is 3.69. The highest BCUT2D eigenvalue weighted by Crippen LogP contribution is 2.39. The molecule has 25 heavy (non-hydrogen) atoms. The van der Waals surface area contributed by atoms with Gasteiger partial charge in [-0.1, -0.05) is 18.2 Å². The molecule has 3 N–H and O–H groups in total. The molecule has 1 saturated heterocycles. The van der Waals surface area contributed by atoms with E-state index >= 15 is 0 Å². The van der Waals surface area contributed by atoms with Crippen LogP contribution in [0.5, 0.6) is 0 Å². The van der Waals surface area contributed by atoms with Crippen LogP contribution in [0, 0.1) is 0 Å². The molecule has 2 aromatic rings. The van der Waals surface area contributed by atoms with Crippen molar-refractivity contribution in [2.75, 3.05) is 23.3 Å². The van der Waals surface area contributed by atoms with Crippen molar-refractivity contribution in [3.63, 3.8) is 0 Å². The Labute approximate surface area is 149 Å². The average Bonchev–Trinajstić information content (AvgIpc) is 3.40. The number of hydrogen-bond acceptors (Lipinski definition) is 3. The van der Waals surface area contributed by atoms with Gasteiger partial charge in [0.05, 0.1) is 0 Å². The first-order valence-corrected chi connectivity index (χ1v) is 9.22. The Kier molecular flexibility index (Phi) is 4.45. The van der Waals surface area contributed by atoms with E-state index in [0.717, 1.165) is 30.9 Å². The number of carbonyl (C=O) groups is 1. The standard InChI is InChI=1S/C21H25N3O/c22-20-14-19(20)15-7-9-17(10-8-15)23-21(25)16-5-4-6-18(13-16)24-11-2-1-3-12-24/h4-10,13,19-20H,1-3,11-12,14,22H2,(H,23,25). The van der Waals surface area contributed by atoms with Gasteiger partial charge in [0, 0.05) is 42.0 Å². The van der Waals surface area contributed by atoms with Crippen LogP contribution in [0.2, 0.25) is 0 Å². The summed E-state index contributed by atoms with van der Waals surface area (Å²) < 4.78 is 0. The van der Waals surface area contributed by atoms with Crippen LogP contribution >= 0.6 is 0 Å². The monoisotopic (exact) mass is 335 g/mol. The molecule has 0 radical (unpaired) electrons. The van der Waals surface area contributed by atoms with Gasteiger partial charge in [0.1, 0.15) is 0 Å². The second-order valence-electron chi connectivity index (χ2n) is 7.18. The van der Waals surface area contributed by atoms with Crippen molar-refractivity contribution < 1.29 is 4.79 Å². The summed E-state index contributed by atoms with van der Waals surface area (Å²) in [5.74, 6) is 0.431. The Balaban J connectivity index is 1.43. The van der Waals surface area contributed by atoms with Crippen molar-refractivity contribution in [3.8, 4) is 0 Å². The maximum Gasteiger partial charge on any atom is 0.255 e. The number of nitrogens with two attached hydrogens (primary N) is 1. The van der Waals surface area contributed by atoms with Crippen LogP contribution in [0.25, 0.3) is 0 Å². The number of hydrogen-bond donors (Lipinski definition) is 2. The summed E-state index contributed by atoms with van der Waals surface area (Å²) in [6.07, 6.45) is 4.83. The fourth-order valence-corrected chi connectivity index (χ4v) is 3.61. The van der Waals surface area contributed by atoms with Crippen LogP contribution in [0.4, 0.5) is 11.4 Å². The Morgan fingerprint density at radius 2 is 1.76 bits per heavy atom. The number of carbonyl (C=O) groups excluding carboxylic acids is 1. The van der Waals surface area contributed by atoms with Crippen molar-refractivity contribution in [1.29, 1.82) is 0 Å². The molecular weight excluding hydrogens is 310 g/mol. The SMILES string of the molecule is NC1CC1c1ccc(NC(=O)c2cccc(N3CCCCC3)c2)cc1. The van der Waals surface area contributed by atoms with E-state index in [-0.39, 0.29) is 5.91 Å². The molecule has 2 unspecified atom stereocenters. The van der Waals surface area contributed by atoms with Gasteiger partial charge >= 0.3 is 0 Å². The average molecular weight is 335 g/mol. The first-order chi connectivity index (χ1) is 12.2. The van der Waals surface area contributed by atoms with Gasteiger partial charge < -0.3 is 16.0 Å². The van der Waals surface area contributed by atoms with E-state index in [2.05, 4.69) is 28.4 Å². The number of nitrogens with one attached hydrogen (secondary N) is 1. The van der Waals surface area contributed by atoms with Crippen molar-refractivity contribution in [2.45, 2.75) is 37.6 Å². The van der Waals surface area contributed by atoms with Gasteiger partial charge in [0.15, 0.2) is 0 Å². The fraction of sp³-hybridized carbons (Fsp3) is 0.381. The Morgan fingerprint density at radius 3 is 2.44 bits per heavy atom. The first kappa shape index (κ1) is 16.2. The van der Waals surface area contributed by atoms with Crippen LogP contribution in [0.15, 0.2) is 48.5 Å². The minimum absolute atomic E-state index is 0.0604. The highest BCUT2D eigenvalue weighted by atomic mass is 16.1. The van der Waals surface area contributed by atoms with Gasteiger partial charge in [-0.3, -0.25) is 4.79 Å². The molecule has 2 atom stereocenters. The maximum atomic E-state index is 12.6. The molecule has 4 nitrogen and oxygen atoms in total. The van der Waals surface area contributed by atoms with Gasteiger partial charge in [-0.25, -0.2) is 0 Å². The van der Waals surface area contributed by atoms with Crippen LogP contribution in [-0.2, 0) is 0 Å². The van der Waals surface area contributed by atoms with Crippen molar-refractivity contribution in [2.24, 2.45) is 5.73 Å². The van der Waals surface area contributed by atoms with Crippen molar-refractivity contribution in [3.05, 3.63) is 59.7 Å². The largest absolute Gasteiger partial charge is 0.372 e. The molecule has 130 valence electrons. The predicted octanol–water partition coefficient (Wildman–Crippen LogP) is 3.74. The van der Waals surface area contributed by atoms with E-state index in [9.17, 15) is 4.79 Å². The summed E-state index contributed by atoms with van der Waals surface area (Å²) >= 11 is 0.